The van der Waals surface area contributed by atoms with Gasteiger partial charge in [0.2, 0.25) is 5.91 Å². The van der Waals surface area contributed by atoms with Crippen molar-refractivity contribution in [2.75, 3.05) is 25.0 Å². The molecule has 0 aliphatic carbocycles. The van der Waals surface area contributed by atoms with Crippen LogP contribution in [0.1, 0.15) is 30.6 Å². The Morgan fingerprint density at radius 3 is 2.76 bits per heavy atom. The first-order valence-corrected chi connectivity index (χ1v) is 8.38. The molecule has 2 rings (SSSR count). The van der Waals surface area contributed by atoms with Gasteiger partial charge < -0.3 is 20.1 Å². The predicted octanol–water partition coefficient (Wildman–Crippen LogP) is 2.25. The van der Waals surface area contributed by atoms with Crippen LogP contribution in [-0.2, 0) is 14.3 Å². The zero-order valence-electron chi connectivity index (χ0n) is 14.1. The molecule has 136 valence electrons. The maximum Gasteiger partial charge on any atom is 0.334 e. The van der Waals surface area contributed by atoms with Crippen molar-refractivity contribution in [1.82, 2.24) is 4.90 Å². The van der Waals surface area contributed by atoms with Crippen molar-refractivity contribution in [3.63, 3.8) is 0 Å². The monoisotopic (exact) mass is 368 g/mol. The molecule has 2 N–H and O–H groups in total. The summed E-state index contributed by atoms with van der Waals surface area (Å²) in [7, 11) is 0. The molecule has 1 aromatic carbocycles. The van der Waals surface area contributed by atoms with Gasteiger partial charge in [-0.1, -0.05) is 25.4 Å². The van der Waals surface area contributed by atoms with Crippen molar-refractivity contribution in [2.45, 2.75) is 26.4 Å². The Kier molecular flexibility index (Phi) is 6.39. The number of nitrogens with one attached hydrogen (secondary N) is 1. The summed E-state index contributed by atoms with van der Waals surface area (Å²) in [6.45, 7) is 4.25. The van der Waals surface area contributed by atoms with Crippen LogP contribution in [0.3, 0.4) is 0 Å². The maximum atomic E-state index is 12.7. The fraction of sp³-hybridized carbons (Fsp3) is 0.471. The molecule has 0 radical (unpaired) electrons. The van der Waals surface area contributed by atoms with Crippen molar-refractivity contribution in [2.24, 2.45) is 5.92 Å². The summed E-state index contributed by atoms with van der Waals surface area (Å²) in [5.74, 6) is -1.43. The summed E-state index contributed by atoms with van der Waals surface area (Å²) in [5.41, 5.74) is 0.691. The first-order valence-electron chi connectivity index (χ1n) is 8.01. The highest BCUT2D eigenvalue weighted by Gasteiger charge is 2.30. The molecule has 0 bridgehead atoms. The molecule has 1 fully saturated rings. The van der Waals surface area contributed by atoms with E-state index < -0.39 is 12.1 Å². The third-order valence-electron chi connectivity index (χ3n) is 3.70. The summed E-state index contributed by atoms with van der Waals surface area (Å²) in [6.07, 6.45) is -0.680. The van der Waals surface area contributed by atoms with E-state index >= 15 is 0 Å². The average Bonchev–Trinajstić information content (AvgIpc) is 2.55. The number of hydrogen-bond donors (Lipinski definition) is 2. The highest BCUT2D eigenvalue weighted by molar-refractivity contribution is 6.34. The molecule has 1 atom stereocenters. The molecule has 2 amide bonds. The molecule has 1 aliphatic heterocycles. The Bertz CT molecular complexity index is 677. The molecule has 1 unspecified atom stereocenters. The number of carbonyl (C=O) groups is 3. The van der Waals surface area contributed by atoms with E-state index in [0.29, 0.717) is 12.1 Å². The summed E-state index contributed by atoms with van der Waals surface area (Å²) >= 11 is 6.12. The molecule has 0 aromatic heterocycles. The number of carbonyl (C=O) groups excluding carboxylic acids is 2. The van der Waals surface area contributed by atoms with Gasteiger partial charge in [0.15, 0.2) is 6.10 Å². The third-order valence-corrected chi connectivity index (χ3v) is 4.03. The van der Waals surface area contributed by atoms with Gasteiger partial charge in [0, 0.05) is 18.7 Å². The fourth-order valence-electron chi connectivity index (χ4n) is 2.50. The van der Waals surface area contributed by atoms with Crippen LogP contribution in [0.15, 0.2) is 18.2 Å². The van der Waals surface area contributed by atoms with E-state index in [2.05, 4.69) is 5.32 Å². The van der Waals surface area contributed by atoms with Crippen LogP contribution < -0.4 is 5.32 Å². The van der Waals surface area contributed by atoms with E-state index in [1.54, 1.807) is 6.07 Å². The second kappa shape index (κ2) is 8.31. The third kappa shape index (κ3) is 5.17. The minimum absolute atomic E-state index is 0.0472. The van der Waals surface area contributed by atoms with Crippen LogP contribution in [0.2, 0.25) is 5.02 Å². The van der Waals surface area contributed by atoms with Crippen LogP contribution in [-0.4, -0.2) is 53.6 Å². The standard InChI is InChI=1S/C17H21ClN2O5/c1-10(2)7-15(21)19-11-3-4-13(18)12(8-11)16(22)20-5-6-25-14(9-20)17(23)24/h3-4,8,10,14H,5-7,9H2,1-2H3,(H,19,21)(H,23,24). The normalized spacial score (nSPS) is 17.4. The van der Waals surface area contributed by atoms with E-state index in [0.717, 1.165) is 0 Å². The maximum absolute atomic E-state index is 12.7. The number of hydrogen-bond acceptors (Lipinski definition) is 4. The molecule has 1 heterocycles. The number of rotatable bonds is 5. The van der Waals surface area contributed by atoms with E-state index in [9.17, 15) is 14.4 Å². The second-order valence-electron chi connectivity index (χ2n) is 6.29. The minimum atomic E-state index is -1.11. The zero-order chi connectivity index (χ0) is 18.6. The number of carboxylic acids is 1. The molecular weight excluding hydrogens is 348 g/mol. The van der Waals surface area contributed by atoms with E-state index in [1.165, 1.54) is 17.0 Å². The predicted molar refractivity (Wildman–Crippen MR) is 92.8 cm³/mol. The molecule has 1 aromatic rings. The van der Waals surface area contributed by atoms with Gasteiger partial charge >= 0.3 is 5.97 Å². The van der Waals surface area contributed by atoms with Crippen LogP contribution in [0.5, 0.6) is 0 Å². The van der Waals surface area contributed by atoms with Crippen LogP contribution in [0.4, 0.5) is 5.69 Å². The molecule has 7 nitrogen and oxygen atoms in total. The Morgan fingerprint density at radius 1 is 1.40 bits per heavy atom. The second-order valence-corrected chi connectivity index (χ2v) is 6.70. The van der Waals surface area contributed by atoms with Crippen molar-refractivity contribution in [1.29, 1.82) is 0 Å². The van der Waals surface area contributed by atoms with Gasteiger partial charge in [-0.05, 0) is 24.1 Å². The number of benzene rings is 1. The van der Waals surface area contributed by atoms with Crippen LogP contribution in [0.25, 0.3) is 0 Å². The van der Waals surface area contributed by atoms with Gasteiger partial charge in [-0.25, -0.2) is 4.79 Å². The Hall–Kier alpha value is -2.12. The van der Waals surface area contributed by atoms with Gasteiger partial charge in [0.05, 0.1) is 23.7 Å². The number of anilines is 1. The molecule has 8 heteroatoms. The van der Waals surface area contributed by atoms with Crippen molar-refractivity contribution in [3.8, 4) is 0 Å². The quantitative estimate of drug-likeness (QED) is 0.831. The van der Waals surface area contributed by atoms with Crippen LogP contribution >= 0.6 is 11.6 Å². The zero-order valence-corrected chi connectivity index (χ0v) is 14.9. The minimum Gasteiger partial charge on any atom is -0.479 e. The van der Waals surface area contributed by atoms with Crippen molar-refractivity contribution >= 4 is 35.1 Å². The number of amides is 2. The van der Waals surface area contributed by atoms with Gasteiger partial charge in [0.25, 0.3) is 5.91 Å². The summed E-state index contributed by atoms with van der Waals surface area (Å²) in [5, 5.41) is 12.0. The highest BCUT2D eigenvalue weighted by atomic mass is 35.5. The number of ether oxygens (including phenoxy) is 1. The SMILES string of the molecule is CC(C)CC(=O)Nc1ccc(Cl)c(C(=O)N2CCOC(C(=O)O)C2)c1. The Balaban J connectivity index is 2.14. The summed E-state index contributed by atoms with van der Waals surface area (Å²) in [6, 6.07) is 4.67. The first-order chi connectivity index (χ1) is 11.8. The van der Waals surface area contributed by atoms with Gasteiger partial charge in [-0.15, -0.1) is 0 Å². The fourth-order valence-corrected chi connectivity index (χ4v) is 2.70. The van der Waals surface area contributed by atoms with Crippen molar-refractivity contribution < 1.29 is 24.2 Å². The van der Waals surface area contributed by atoms with Crippen LogP contribution in [0, 0.1) is 5.92 Å². The smallest absolute Gasteiger partial charge is 0.334 e. The van der Waals surface area contributed by atoms with E-state index in [4.69, 9.17) is 21.4 Å². The highest BCUT2D eigenvalue weighted by Crippen LogP contribution is 2.23. The lowest BCUT2D eigenvalue weighted by atomic mass is 10.1. The Morgan fingerprint density at radius 2 is 2.12 bits per heavy atom. The molecular formula is C17H21ClN2O5. The van der Waals surface area contributed by atoms with Gasteiger partial charge in [-0.2, -0.15) is 0 Å². The number of morpholine rings is 1. The van der Waals surface area contributed by atoms with E-state index in [-0.39, 0.29) is 48.0 Å². The molecule has 0 spiro atoms. The van der Waals surface area contributed by atoms with Crippen molar-refractivity contribution in [3.05, 3.63) is 28.8 Å². The topological polar surface area (TPSA) is 95.9 Å². The largest absolute Gasteiger partial charge is 0.479 e. The number of nitrogens with zero attached hydrogens (tertiary/aromatic N) is 1. The number of carboxylic acid groups (broad SMARTS) is 1. The lowest BCUT2D eigenvalue weighted by Crippen LogP contribution is -2.48. The molecule has 0 saturated carbocycles. The molecule has 1 aliphatic rings. The lowest BCUT2D eigenvalue weighted by Gasteiger charge is -2.31. The molecule has 25 heavy (non-hydrogen) atoms. The lowest BCUT2D eigenvalue weighted by molar-refractivity contribution is -0.154. The van der Waals surface area contributed by atoms with E-state index in [1.807, 2.05) is 13.8 Å². The van der Waals surface area contributed by atoms with Gasteiger partial charge in [-0.3, -0.25) is 9.59 Å². The summed E-state index contributed by atoms with van der Waals surface area (Å²) < 4.78 is 5.12. The molecule has 1 saturated heterocycles. The van der Waals surface area contributed by atoms with Gasteiger partial charge in [0.1, 0.15) is 0 Å². The number of halogens is 1. The number of aliphatic carboxylic acids is 1. The Labute approximate surface area is 150 Å². The average molecular weight is 369 g/mol. The summed E-state index contributed by atoms with van der Waals surface area (Å²) in [4.78, 5) is 37.0. The first kappa shape index (κ1) is 19.2.